The second kappa shape index (κ2) is 8.74. The molecule has 0 bridgehead atoms. The summed E-state index contributed by atoms with van der Waals surface area (Å²) in [6.45, 7) is 1.67. The highest BCUT2D eigenvalue weighted by molar-refractivity contribution is 5.96. The SMILES string of the molecule is C[C@H](C(=O)Nc1cccc(C#N)c1)N(C)CC(=O)Nc1ccc(F)cc1. The van der Waals surface area contributed by atoms with Gasteiger partial charge in [0.1, 0.15) is 5.82 Å². The van der Waals surface area contributed by atoms with Gasteiger partial charge in [0.25, 0.3) is 0 Å². The molecule has 2 N–H and O–H groups in total. The molecule has 0 aromatic heterocycles. The number of likely N-dealkylation sites (N-methyl/N-ethyl adjacent to an activating group) is 1. The first-order valence-electron chi connectivity index (χ1n) is 7.95. The number of benzene rings is 2. The van der Waals surface area contributed by atoms with Crippen molar-refractivity contribution in [2.24, 2.45) is 0 Å². The highest BCUT2D eigenvalue weighted by Crippen LogP contribution is 2.12. The first kappa shape index (κ1) is 19.1. The Labute approximate surface area is 151 Å². The van der Waals surface area contributed by atoms with Crippen LogP contribution in [0.3, 0.4) is 0 Å². The van der Waals surface area contributed by atoms with Gasteiger partial charge in [-0.2, -0.15) is 5.26 Å². The zero-order chi connectivity index (χ0) is 19.1. The maximum Gasteiger partial charge on any atom is 0.241 e. The molecule has 0 radical (unpaired) electrons. The fourth-order valence-corrected chi connectivity index (χ4v) is 2.21. The summed E-state index contributed by atoms with van der Waals surface area (Å²) in [5.41, 5.74) is 1.45. The summed E-state index contributed by atoms with van der Waals surface area (Å²) in [6, 6.07) is 13.5. The van der Waals surface area contributed by atoms with Crippen LogP contribution in [0.15, 0.2) is 48.5 Å². The van der Waals surface area contributed by atoms with Gasteiger partial charge >= 0.3 is 0 Å². The predicted molar refractivity (Wildman–Crippen MR) is 96.9 cm³/mol. The molecule has 6 nitrogen and oxygen atoms in total. The highest BCUT2D eigenvalue weighted by atomic mass is 19.1. The minimum absolute atomic E-state index is 0.00972. The largest absolute Gasteiger partial charge is 0.325 e. The molecule has 26 heavy (non-hydrogen) atoms. The number of amides is 2. The molecule has 2 aromatic rings. The van der Waals surface area contributed by atoms with Gasteiger partial charge in [0.2, 0.25) is 11.8 Å². The van der Waals surface area contributed by atoms with Gasteiger partial charge in [-0.05, 0) is 56.4 Å². The fourth-order valence-electron chi connectivity index (χ4n) is 2.21. The van der Waals surface area contributed by atoms with E-state index >= 15 is 0 Å². The molecular weight excluding hydrogens is 335 g/mol. The number of hydrogen-bond acceptors (Lipinski definition) is 4. The van der Waals surface area contributed by atoms with Crippen molar-refractivity contribution in [1.29, 1.82) is 5.26 Å². The minimum atomic E-state index is -0.570. The molecule has 0 saturated carbocycles. The van der Waals surface area contributed by atoms with E-state index in [4.69, 9.17) is 5.26 Å². The lowest BCUT2D eigenvalue weighted by Crippen LogP contribution is -2.43. The number of anilines is 2. The maximum atomic E-state index is 12.9. The maximum absolute atomic E-state index is 12.9. The Bertz CT molecular complexity index is 830. The van der Waals surface area contributed by atoms with Gasteiger partial charge in [0, 0.05) is 11.4 Å². The summed E-state index contributed by atoms with van der Waals surface area (Å²) >= 11 is 0. The van der Waals surface area contributed by atoms with E-state index in [0.29, 0.717) is 16.9 Å². The van der Waals surface area contributed by atoms with Crippen LogP contribution in [0.1, 0.15) is 12.5 Å². The van der Waals surface area contributed by atoms with Crippen molar-refractivity contribution < 1.29 is 14.0 Å². The lowest BCUT2D eigenvalue weighted by Gasteiger charge is -2.23. The van der Waals surface area contributed by atoms with Crippen LogP contribution in [0.5, 0.6) is 0 Å². The zero-order valence-electron chi connectivity index (χ0n) is 14.5. The topological polar surface area (TPSA) is 85.2 Å². The molecule has 134 valence electrons. The lowest BCUT2D eigenvalue weighted by atomic mass is 10.2. The quantitative estimate of drug-likeness (QED) is 0.835. The molecule has 2 aromatic carbocycles. The third-order valence-corrected chi connectivity index (χ3v) is 3.82. The van der Waals surface area contributed by atoms with Crippen molar-refractivity contribution in [3.63, 3.8) is 0 Å². The van der Waals surface area contributed by atoms with Gasteiger partial charge in [-0.15, -0.1) is 0 Å². The van der Waals surface area contributed by atoms with Crippen molar-refractivity contribution in [3.05, 3.63) is 59.9 Å². The van der Waals surface area contributed by atoms with E-state index in [2.05, 4.69) is 10.6 Å². The number of rotatable bonds is 6. The molecule has 0 fully saturated rings. The van der Waals surface area contributed by atoms with Crippen molar-refractivity contribution in [1.82, 2.24) is 4.90 Å². The number of carbonyl (C=O) groups excluding carboxylic acids is 2. The summed E-state index contributed by atoms with van der Waals surface area (Å²) in [5.74, 6) is -0.992. The highest BCUT2D eigenvalue weighted by Gasteiger charge is 2.20. The molecule has 7 heteroatoms. The average Bonchev–Trinajstić information content (AvgIpc) is 2.63. The van der Waals surface area contributed by atoms with Gasteiger partial charge in [-0.1, -0.05) is 6.07 Å². The molecule has 0 saturated heterocycles. The van der Waals surface area contributed by atoms with Crippen LogP contribution in [0, 0.1) is 17.1 Å². The Morgan fingerprint density at radius 2 is 1.85 bits per heavy atom. The second-order valence-corrected chi connectivity index (χ2v) is 5.83. The van der Waals surface area contributed by atoms with E-state index in [1.807, 2.05) is 6.07 Å². The first-order chi connectivity index (χ1) is 12.4. The summed E-state index contributed by atoms with van der Waals surface area (Å²) in [7, 11) is 1.65. The smallest absolute Gasteiger partial charge is 0.241 e. The van der Waals surface area contributed by atoms with E-state index in [-0.39, 0.29) is 24.2 Å². The monoisotopic (exact) mass is 354 g/mol. The van der Waals surface area contributed by atoms with Gasteiger partial charge < -0.3 is 10.6 Å². The van der Waals surface area contributed by atoms with Crippen LogP contribution >= 0.6 is 0 Å². The standard InChI is InChI=1S/C19H19FN4O2/c1-13(19(26)23-17-5-3-4-14(10-17)11-21)24(2)12-18(25)22-16-8-6-15(20)7-9-16/h3-10,13H,12H2,1-2H3,(H,22,25)(H,23,26)/t13-/m1/s1. The normalized spacial score (nSPS) is 11.5. The van der Waals surface area contributed by atoms with Crippen LogP contribution in [0.2, 0.25) is 0 Å². The lowest BCUT2D eigenvalue weighted by molar-refractivity contribution is -0.122. The Hall–Kier alpha value is -3.24. The van der Waals surface area contributed by atoms with E-state index in [0.717, 1.165) is 0 Å². The van der Waals surface area contributed by atoms with Crippen molar-refractivity contribution in [3.8, 4) is 6.07 Å². The predicted octanol–water partition coefficient (Wildman–Crippen LogP) is 2.59. The van der Waals surface area contributed by atoms with Crippen molar-refractivity contribution in [2.45, 2.75) is 13.0 Å². The summed E-state index contributed by atoms with van der Waals surface area (Å²) in [4.78, 5) is 26.0. The number of nitriles is 1. The molecule has 0 heterocycles. The average molecular weight is 354 g/mol. The van der Waals surface area contributed by atoms with E-state index in [9.17, 15) is 14.0 Å². The van der Waals surface area contributed by atoms with Gasteiger partial charge in [-0.3, -0.25) is 14.5 Å². The van der Waals surface area contributed by atoms with Gasteiger partial charge in [-0.25, -0.2) is 4.39 Å². The third kappa shape index (κ3) is 5.40. The minimum Gasteiger partial charge on any atom is -0.325 e. The number of hydrogen-bond donors (Lipinski definition) is 2. The summed E-state index contributed by atoms with van der Waals surface area (Å²) < 4.78 is 12.9. The zero-order valence-corrected chi connectivity index (χ0v) is 14.5. The molecule has 0 aliphatic rings. The van der Waals surface area contributed by atoms with Crippen LogP contribution in [0.25, 0.3) is 0 Å². The van der Waals surface area contributed by atoms with E-state index in [1.165, 1.54) is 24.3 Å². The van der Waals surface area contributed by atoms with Crippen molar-refractivity contribution in [2.75, 3.05) is 24.2 Å². The third-order valence-electron chi connectivity index (χ3n) is 3.82. The molecule has 0 spiro atoms. The van der Waals surface area contributed by atoms with Crippen LogP contribution in [0.4, 0.5) is 15.8 Å². The number of nitrogens with zero attached hydrogens (tertiary/aromatic N) is 2. The molecular formula is C19H19FN4O2. The Kier molecular flexibility index (Phi) is 6.42. The molecule has 0 unspecified atom stereocenters. The van der Waals surface area contributed by atoms with Gasteiger partial charge in [0.15, 0.2) is 0 Å². The summed E-state index contributed by atoms with van der Waals surface area (Å²) in [5, 5.41) is 14.3. The van der Waals surface area contributed by atoms with Crippen LogP contribution in [-0.4, -0.2) is 36.3 Å². The van der Waals surface area contributed by atoms with E-state index in [1.54, 1.807) is 43.1 Å². The summed E-state index contributed by atoms with van der Waals surface area (Å²) in [6.07, 6.45) is 0. The molecule has 0 aliphatic heterocycles. The first-order valence-corrected chi connectivity index (χ1v) is 7.95. The van der Waals surface area contributed by atoms with Crippen LogP contribution < -0.4 is 10.6 Å². The van der Waals surface area contributed by atoms with Crippen molar-refractivity contribution >= 4 is 23.2 Å². The number of nitrogens with one attached hydrogen (secondary N) is 2. The Morgan fingerprint density at radius 3 is 2.50 bits per heavy atom. The number of carbonyl (C=O) groups is 2. The Morgan fingerprint density at radius 1 is 1.15 bits per heavy atom. The molecule has 2 rings (SSSR count). The van der Waals surface area contributed by atoms with E-state index < -0.39 is 6.04 Å². The Balaban J connectivity index is 1.90. The van der Waals surface area contributed by atoms with Crippen LogP contribution in [-0.2, 0) is 9.59 Å². The fraction of sp³-hybridized carbons (Fsp3) is 0.211. The molecule has 0 aliphatic carbocycles. The molecule has 1 atom stereocenters. The van der Waals surface area contributed by atoms with Gasteiger partial charge in [0.05, 0.1) is 24.2 Å². The second-order valence-electron chi connectivity index (χ2n) is 5.83. The number of halogens is 1. The molecule has 2 amide bonds.